The number of halogens is 2. The van der Waals surface area contributed by atoms with Gasteiger partial charge in [-0.1, -0.05) is 13.0 Å². The van der Waals surface area contributed by atoms with Crippen molar-refractivity contribution in [3.8, 4) is 0 Å². The first-order valence-corrected chi connectivity index (χ1v) is 5.17. The summed E-state index contributed by atoms with van der Waals surface area (Å²) in [6.07, 6.45) is -1.46. The van der Waals surface area contributed by atoms with Crippen LogP contribution in [0.1, 0.15) is 25.0 Å². The van der Waals surface area contributed by atoms with Gasteiger partial charge in [-0.2, -0.15) is 0 Å². The Balaban J connectivity index is 2.83. The lowest BCUT2D eigenvalue weighted by Crippen LogP contribution is -2.17. The fourth-order valence-electron chi connectivity index (χ4n) is 1.58. The molecule has 1 rings (SSSR count). The van der Waals surface area contributed by atoms with Crippen LogP contribution in [0.5, 0.6) is 0 Å². The van der Waals surface area contributed by atoms with Crippen molar-refractivity contribution in [2.75, 3.05) is 7.11 Å². The number of esters is 1. The zero-order valence-corrected chi connectivity index (χ0v) is 9.61. The molecule has 0 aliphatic heterocycles. The van der Waals surface area contributed by atoms with Gasteiger partial charge >= 0.3 is 5.97 Å². The van der Waals surface area contributed by atoms with E-state index in [9.17, 15) is 18.7 Å². The smallest absolute Gasteiger partial charge is 0.308 e. The summed E-state index contributed by atoms with van der Waals surface area (Å²) >= 11 is 0. The van der Waals surface area contributed by atoms with Crippen molar-refractivity contribution in [3.63, 3.8) is 0 Å². The van der Waals surface area contributed by atoms with Crippen LogP contribution in [0.3, 0.4) is 0 Å². The quantitative estimate of drug-likeness (QED) is 0.826. The lowest BCUT2D eigenvalue weighted by Gasteiger charge is -2.16. The van der Waals surface area contributed by atoms with E-state index in [2.05, 4.69) is 4.74 Å². The second-order valence-electron chi connectivity index (χ2n) is 3.81. The summed E-state index contributed by atoms with van der Waals surface area (Å²) in [6.45, 7) is 1.52. The van der Waals surface area contributed by atoms with Crippen molar-refractivity contribution < 1.29 is 23.4 Å². The second kappa shape index (κ2) is 5.72. The van der Waals surface area contributed by atoms with Crippen LogP contribution in [0.4, 0.5) is 8.78 Å². The van der Waals surface area contributed by atoms with Crippen LogP contribution < -0.4 is 0 Å². The molecule has 0 spiro atoms. The molecule has 1 N–H and O–H groups in total. The van der Waals surface area contributed by atoms with Crippen molar-refractivity contribution >= 4 is 5.97 Å². The SMILES string of the molecule is COC(=O)C(C)CC(O)c1c(F)cccc1F. The summed E-state index contributed by atoms with van der Waals surface area (Å²) < 4.78 is 31.1. The number of aliphatic hydroxyl groups excluding tert-OH is 1. The van der Waals surface area contributed by atoms with Crippen LogP contribution in [-0.2, 0) is 9.53 Å². The van der Waals surface area contributed by atoms with E-state index in [0.717, 1.165) is 12.1 Å². The molecule has 3 nitrogen and oxygen atoms in total. The summed E-state index contributed by atoms with van der Waals surface area (Å²) in [6, 6.07) is 3.33. The molecule has 0 saturated carbocycles. The Morgan fingerprint density at radius 2 is 1.94 bits per heavy atom. The molecular formula is C12H14F2O3. The monoisotopic (exact) mass is 244 g/mol. The van der Waals surface area contributed by atoms with Crippen molar-refractivity contribution in [1.29, 1.82) is 0 Å². The Hall–Kier alpha value is -1.49. The maximum atomic E-state index is 13.3. The normalized spacial score (nSPS) is 14.2. The van der Waals surface area contributed by atoms with Gasteiger partial charge in [0.1, 0.15) is 11.6 Å². The minimum Gasteiger partial charge on any atom is -0.469 e. The Kier molecular flexibility index (Phi) is 4.57. The van der Waals surface area contributed by atoms with Crippen molar-refractivity contribution in [1.82, 2.24) is 0 Å². The van der Waals surface area contributed by atoms with Gasteiger partial charge in [0, 0.05) is 0 Å². The largest absolute Gasteiger partial charge is 0.469 e. The van der Waals surface area contributed by atoms with Crippen LogP contribution in [0.15, 0.2) is 18.2 Å². The highest BCUT2D eigenvalue weighted by Crippen LogP contribution is 2.26. The number of carbonyl (C=O) groups is 1. The number of hydrogen-bond acceptors (Lipinski definition) is 3. The zero-order valence-electron chi connectivity index (χ0n) is 9.61. The van der Waals surface area contributed by atoms with E-state index in [0.29, 0.717) is 0 Å². The molecule has 0 fully saturated rings. The van der Waals surface area contributed by atoms with Crippen LogP contribution >= 0.6 is 0 Å². The number of aliphatic hydroxyl groups is 1. The molecule has 0 aromatic heterocycles. The van der Waals surface area contributed by atoms with Gasteiger partial charge in [-0.05, 0) is 18.6 Å². The van der Waals surface area contributed by atoms with Crippen molar-refractivity contribution in [2.24, 2.45) is 5.92 Å². The molecule has 1 aromatic carbocycles. The Labute approximate surface area is 98.0 Å². The van der Waals surface area contributed by atoms with Crippen molar-refractivity contribution in [3.05, 3.63) is 35.4 Å². The molecule has 0 heterocycles. The molecule has 0 saturated heterocycles. The minimum absolute atomic E-state index is 0.0927. The standard InChI is InChI=1S/C12H14F2O3/c1-7(12(16)17-2)6-10(15)11-8(13)4-3-5-9(11)14/h3-5,7,10,15H,6H2,1-2H3. The lowest BCUT2D eigenvalue weighted by molar-refractivity contribution is -0.145. The fraction of sp³-hybridized carbons (Fsp3) is 0.417. The van der Waals surface area contributed by atoms with Gasteiger partial charge in [-0.3, -0.25) is 4.79 Å². The average Bonchev–Trinajstić information content (AvgIpc) is 2.27. The molecule has 0 amide bonds. The highest BCUT2D eigenvalue weighted by molar-refractivity contribution is 5.71. The van der Waals surface area contributed by atoms with Gasteiger partial charge in [-0.15, -0.1) is 0 Å². The summed E-state index contributed by atoms with van der Waals surface area (Å²) in [5, 5.41) is 9.71. The maximum Gasteiger partial charge on any atom is 0.308 e. The predicted octanol–water partition coefficient (Wildman–Crippen LogP) is 2.20. The summed E-state index contributed by atoms with van der Waals surface area (Å²) in [7, 11) is 1.22. The molecule has 17 heavy (non-hydrogen) atoms. The fourth-order valence-corrected chi connectivity index (χ4v) is 1.58. The minimum atomic E-state index is -1.37. The predicted molar refractivity (Wildman–Crippen MR) is 57.1 cm³/mol. The number of carbonyl (C=O) groups excluding carboxylic acids is 1. The topological polar surface area (TPSA) is 46.5 Å². The van der Waals surface area contributed by atoms with E-state index in [-0.39, 0.29) is 6.42 Å². The van der Waals surface area contributed by atoms with E-state index < -0.39 is 35.2 Å². The highest BCUT2D eigenvalue weighted by Gasteiger charge is 2.23. The number of rotatable bonds is 4. The molecule has 1 aromatic rings. The number of hydrogen-bond donors (Lipinski definition) is 1. The second-order valence-corrected chi connectivity index (χ2v) is 3.81. The first-order chi connectivity index (χ1) is 7.97. The molecule has 0 radical (unpaired) electrons. The molecule has 2 unspecified atom stereocenters. The zero-order chi connectivity index (χ0) is 13.0. The summed E-state index contributed by atoms with van der Waals surface area (Å²) in [5.74, 6) is -2.81. The molecule has 0 bridgehead atoms. The molecule has 2 atom stereocenters. The van der Waals surface area contributed by atoms with Gasteiger partial charge in [0.25, 0.3) is 0 Å². The highest BCUT2D eigenvalue weighted by atomic mass is 19.1. The molecule has 5 heteroatoms. The van der Waals surface area contributed by atoms with Gasteiger partial charge < -0.3 is 9.84 Å². The van der Waals surface area contributed by atoms with Crippen molar-refractivity contribution in [2.45, 2.75) is 19.4 Å². The van der Waals surface area contributed by atoms with Crippen LogP contribution in [0.25, 0.3) is 0 Å². The van der Waals surface area contributed by atoms with E-state index >= 15 is 0 Å². The van der Waals surface area contributed by atoms with Gasteiger partial charge in [0.2, 0.25) is 0 Å². The Morgan fingerprint density at radius 1 is 1.41 bits per heavy atom. The average molecular weight is 244 g/mol. The molecule has 0 aliphatic rings. The summed E-state index contributed by atoms with van der Waals surface area (Å²) in [5.41, 5.74) is -0.414. The Bertz CT molecular complexity index is 386. The van der Waals surface area contributed by atoms with E-state index in [1.807, 2.05) is 0 Å². The number of ether oxygens (including phenoxy) is 1. The third-order valence-corrected chi connectivity index (χ3v) is 2.51. The number of methoxy groups -OCH3 is 1. The molecule has 94 valence electrons. The van der Waals surface area contributed by atoms with E-state index in [1.54, 1.807) is 0 Å². The maximum absolute atomic E-state index is 13.3. The van der Waals surface area contributed by atoms with Crippen LogP contribution in [0, 0.1) is 17.6 Å². The third-order valence-electron chi connectivity index (χ3n) is 2.51. The van der Waals surface area contributed by atoms with E-state index in [1.165, 1.54) is 20.1 Å². The summed E-state index contributed by atoms with van der Waals surface area (Å²) in [4.78, 5) is 11.1. The molecule has 0 aliphatic carbocycles. The first kappa shape index (κ1) is 13.6. The van der Waals surface area contributed by atoms with Gasteiger partial charge in [-0.25, -0.2) is 8.78 Å². The molecular weight excluding hydrogens is 230 g/mol. The van der Waals surface area contributed by atoms with E-state index in [4.69, 9.17) is 0 Å². The van der Waals surface area contributed by atoms with Crippen LogP contribution in [-0.4, -0.2) is 18.2 Å². The van der Waals surface area contributed by atoms with Gasteiger partial charge in [0.15, 0.2) is 0 Å². The van der Waals surface area contributed by atoms with Gasteiger partial charge in [0.05, 0.1) is 24.7 Å². The van der Waals surface area contributed by atoms with Crippen LogP contribution in [0.2, 0.25) is 0 Å². The third kappa shape index (κ3) is 3.23. The number of benzene rings is 1. The Morgan fingerprint density at radius 3 is 2.41 bits per heavy atom. The first-order valence-electron chi connectivity index (χ1n) is 5.17. The lowest BCUT2D eigenvalue weighted by atomic mass is 9.97.